The molecule has 0 radical (unpaired) electrons. The summed E-state index contributed by atoms with van der Waals surface area (Å²) < 4.78 is 28.7. The highest BCUT2D eigenvalue weighted by Crippen LogP contribution is 2.21. The van der Waals surface area contributed by atoms with E-state index in [1.54, 1.807) is 0 Å². The van der Waals surface area contributed by atoms with Gasteiger partial charge in [-0.15, -0.1) is 6.42 Å². The molecule has 2 heterocycles. The van der Waals surface area contributed by atoms with E-state index in [0.717, 1.165) is 11.1 Å². The highest BCUT2D eigenvalue weighted by molar-refractivity contribution is 7.91. The van der Waals surface area contributed by atoms with Gasteiger partial charge in [-0.3, -0.25) is 4.90 Å². The topological polar surface area (TPSA) is 76.3 Å². The molecule has 1 fully saturated rings. The van der Waals surface area contributed by atoms with Gasteiger partial charge in [0.25, 0.3) is 0 Å². The standard InChI is InChI=1S/C17H19N3O3S/c1-3-8-20(15-7-9-24(21,22)12-15)11-16-18-17(19-23-16)14-6-4-5-13(2)10-14/h1,4-6,10,15H,7-9,11-12H2,2H3/t15-/m1/s1. The number of benzene rings is 1. The average Bonchev–Trinajstić information content (AvgIpc) is 3.13. The van der Waals surface area contributed by atoms with E-state index in [4.69, 9.17) is 10.9 Å². The van der Waals surface area contributed by atoms with Crippen LogP contribution in [0.15, 0.2) is 28.8 Å². The second kappa shape index (κ2) is 6.75. The van der Waals surface area contributed by atoms with Crippen LogP contribution in [0.4, 0.5) is 0 Å². The number of sulfone groups is 1. The summed E-state index contributed by atoms with van der Waals surface area (Å²) in [6, 6.07) is 7.75. The lowest BCUT2D eigenvalue weighted by molar-refractivity contribution is 0.199. The smallest absolute Gasteiger partial charge is 0.241 e. The van der Waals surface area contributed by atoms with Crippen molar-refractivity contribution in [3.05, 3.63) is 35.7 Å². The normalized spacial score (nSPS) is 19.5. The zero-order valence-electron chi connectivity index (χ0n) is 13.5. The maximum absolute atomic E-state index is 11.7. The molecule has 126 valence electrons. The van der Waals surface area contributed by atoms with Crippen LogP contribution in [0.1, 0.15) is 17.9 Å². The molecule has 0 saturated carbocycles. The Labute approximate surface area is 141 Å². The van der Waals surface area contributed by atoms with Gasteiger partial charge in [-0.1, -0.05) is 34.8 Å². The third-order valence-corrected chi connectivity index (χ3v) is 5.85. The molecule has 0 aliphatic carbocycles. The molecule has 0 spiro atoms. The van der Waals surface area contributed by atoms with E-state index in [1.807, 2.05) is 36.1 Å². The van der Waals surface area contributed by atoms with Crippen LogP contribution in [0.3, 0.4) is 0 Å². The highest BCUT2D eigenvalue weighted by Gasteiger charge is 2.32. The average molecular weight is 345 g/mol. The lowest BCUT2D eigenvalue weighted by atomic mass is 10.1. The molecule has 0 amide bonds. The third-order valence-electron chi connectivity index (χ3n) is 4.10. The SMILES string of the molecule is C#CCN(Cc1nc(-c2cccc(C)c2)no1)[C@@H]1CCS(=O)(=O)C1. The molecular weight excluding hydrogens is 326 g/mol. The van der Waals surface area contributed by atoms with E-state index < -0.39 is 9.84 Å². The highest BCUT2D eigenvalue weighted by atomic mass is 32.2. The fourth-order valence-electron chi connectivity index (χ4n) is 2.89. The minimum atomic E-state index is -2.97. The van der Waals surface area contributed by atoms with Crippen molar-refractivity contribution in [3.8, 4) is 23.7 Å². The monoisotopic (exact) mass is 345 g/mol. The lowest BCUT2D eigenvalue weighted by Crippen LogP contribution is -2.36. The first kappa shape index (κ1) is 16.7. The summed E-state index contributed by atoms with van der Waals surface area (Å²) >= 11 is 0. The molecule has 7 heteroatoms. The summed E-state index contributed by atoms with van der Waals surface area (Å²) in [6.45, 7) is 2.70. The predicted molar refractivity (Wildman–Crippen MR) is 90.8 cm³/mol. The summed E-state index contributed by atoms with van der Waals surface area (Å²) in [5.74, 6) is 3.88. The van der Waals surface area contributed by atoms with Crippen molar-refractivity contribution in [2.24, 2.45) is 0 Å². The zero-order valence-corrected chi connectivity index (χ0v) is 14.3. The van der Waals surface area contributed by atoms with Gasteiger partial charge in [-0.2, -0.15) is 4.98 Å². The van der Waals surface area contributed by atoms with Crippen molar-refractivity contribution in [1.29, 1.82) is 0 Å². The lowest BCUT2D eigenvalue weighted by Gasteiger charge is -2.23. The van der Waals surface area contributed by atoms with Crippen molar-refractivity contribution >= 4 is 9.84 Å². The maximum Gasteiger partial charge on any atom is 0.241 e. The fourth-order valence-corrected chi connectivity index (χ4v) is 4.65. The van der Waals surface area contributed by atoms with Crippen molar-refractivity contribution in [3.63, 3.8) is 0 Å². The van der Waals surface area contributed by atoms with Crippen LogP contribution < -0.4 is 0 Å². The third kappa shape index (κ3) is 3.83. The Morgan fingerprint density at radius 2 is 2.29 bits per heavy atom. The fraction of sp³-hybridized carbons (Fsp3) is 0.412. The van der Waals surface area contributed by atoms with E-state index in [0.29, 0.717) is 31.2 Å². The van der Waals surface area contributed by atoms with Gasteiger partial charge in [0.05, 0.1) is 24.6 Å². The second-order valence-corrected chi connectivity index (χ2v) is 8.28. The van der Waals surface area contributed by atoms with Crippen LogP contribution in [0.25, 0.3) is 11.4 Å². The molecule has 1 aliphatic heterocycles. The molecule has 1 aliphatic rings. The molecule has 1 aromatic carbocycles. The molecule has 6 nitrogen and oxygen atoms in total. The van der Waals surface area contributed by atoms with E-state index in [9.17, 15) is 8.42 Å². The van der Waals surface area contributed by atoms with E-state index in [1.165, 1.54) is 0 Å². The molecule has 1 atom stereocenters. The molecule has 24 heavy (non-hydrogen) atoms. The first-order valence-corrected chi connectivity index (χ1v) is 9.56. The van der Waals surface area contributed by atoms with Gasteiger partial charge in [0.15, 0.2) is 9.84 Å². The number of aryl methyl sites for hydroxylation is 1. The first-order chi connectivity index (χ1) is 11.5. The van der Waals surface area contributed by atoms with Crippen molar-refractivity contribution in [2.75, 3.05) is 18.1 Å². The first-order valence-electron chi connectivity index (χ1n) is 7.74. The second-order valence-electron chi connectivity index (χ2n) is 6.05. The van der Waals surface area contributed by atoms with Gasteiger partial charge in [0.2, 0.25) is 11.7 Å². The Kier molecular flexibility index (Phi) is 4.69. The summed E-state index contributed by atoms with van der Waals surface area (Å²) in [5, 5.41) is 4.01. The number of hydrogen-bond acceptors (Lipinski definition) is 6. The number of rotatable bonds is 5. The van der Waals surface area contributed by atoms with Gasteiger partial charge in [0, 0.05) is 11.6 Å². The van der Waals surface area contributed by atoms with E-state index >= 15 is 0 Å². The quantitative estimate of drug-likeness (QED) is 0.767. The van der Waals surface area contributed by atoms with Gasteiger partial charge in [-0.05, 0) is 19.4 Å². The Hall–Kier alpha value is -2.17. The number of terminal acetylenes is 1. The van der Waals surface area contributed by atoms with E-state index in [2.05, 4.69) is 16.1 Å². The van der Waals surface area contributed by atoms with Gasteiger partial charge in [0.1, 0.15) is 0 Å². The molecule has 2 aromatic rings. The molecule has 3 rings (SSSR count). The van der Waals surface area contributed by atoms with Crippen LogP contribution in [-0.4, -0.2) is 47.6 Å². The number of aromatic nitrogens is 2. The zero-order chi connectivity index (χ0) is 17.2. The van der Waals surface area contributed by atoms with Crippen LogP contribution in [-0.2, 0) is 16.4 Å². The van der Waals surface area contributed by atoms with E-state index in [-0.39, 0.29) is 17.5 Å². The summed E-state index contributed by atoms with van der Waals surface area (Å²) in [5.41, 5.74) is 2.00. The molecule has 0 N–H and O–H groups in total. The molecule has 1 aromatic heterocycles. The van der Waals surface area contributed by atoms with Crippen molar-refractivity contribution in [2.45, 2.75) is 25.9 Å². The van der Waals surface area contributed by atoms with Crippen molar-refractivity contribution in [1.82, 2.24) is 15.0 Å². The Balaban J connectivity index is 1.75. The minimum absolute atomic E-state index is 0.0969. The van der Waals surface area contributed by atoms with Crippen LogP contribution in [0, 0.1) is 19.3 Å². The molecule has 0 bridgehead atoms. The predicted octanol–water partition coefficient (Wildman–Crippen LogP) is 1.67. The Morgan fingerprint density at radius 3 is 2.96 bits per heavy atom. The van der Waals surface area contributed by atoms with Crippen LogP contribution in [0.2, 0.25) is 0 Å². The molecule has 1 saturated heterocycles. The summed E-state index contributed by atoms with van der Waals surface area (Å²) in [4.78, 5) is 6.33. The Bertz CT molecular complexity index is 867. The van der Waals surface area contributed by atoms with Gasteiger partial charge < -0.3 is 4.52 Å². The van der Waals surface area contributed by atoms with Crippen LogP contribution >= 0.6 is 0 Å². The van der Waals surface area contributed by atoms with Crippen molar-refractivity contribution < 1.29 is 12.9 Å². The Morgan fingerprint density at radius 1 is 1.46 bits per heavy atom. The summed E-state index contributed by atoms with van der Waals surface area (Å²) in [7, 11) is -2.97. The van der Waals surface area contributed by atoms with Gasteiger partial charge >= 0.3 is 0 Å². The summed E-state index contributed by atoms with van der Waals surface area (Å²) in [6.07, 6.45) is 6.01. The minimum Gasteiger partial charge on any atom is -0.338 e. The number of nitrogens with zero attached hydrogens (tertiary/aromatic N) is 3. The maximum atomic E-state index is 11.7. The largest absolute Gasteiger partial charge is 0.338 e. The van der Waals surface area contributed by atoms with Gasteiger partial charge in [-0.25, -0.2) is 8.42 Å². The van der Waals surface area contributed by atoms with Crippen LogP contribution in [0.5, 0.6) is 0 Å². The number of hydrogen-bond donors (Lipinski definition) is 0. The molecule has 0 unspecified atom stereocenters. The molecular formula is C17H19N3O3S.